The smallest absolute Gasteiger partial charge is 0.355 e. The lowest BCUT2D eigenvalue weighted by Crippen LogP contribution is -2.32. The third-order valence-electron chi connectivity index (χ3n) is 3.67. The van der Waals surface area contributed by atoms with Gasteiger partial charge in [-0.2, -0.15) is 0 Å². The van der Waals surface area contributed by atoms with E-state index in [9.17, 15) is 25.0 Å². The number of hydrogen-bond acceptors (Lipinski definition) is 10. The van der Waals surface area contributed by atoms with Crippen molar-refractivity contribution in [1.29, 1.82) is 0 Å². The number of non-ortho nitro benzene ring substituents is 1. The SMILES string of the molecule is CCN(CCO)c1ncnc(NNC(=O)c2ccc([N+](=O)[O-])cc2)c1[N+](=O)[O-]. The summed E-state index contributed by atoms with van der Waals surface area (Å²) in [7, 11) is 0. The van der Waals surface area contributed by atoms with Crippen molar-refractivity contribution >= 4 is 28.9 Å². The summed E-state index contributed by atoms with van der Waals surface area (Å²) >= 11 is 0. The number of aliphatic hydroxyl groups is 1. The van der Waals surface area contributed by atoms with Crippen LogP contribution in [0.15, 0.2) is 30.6 Å². The Bertz CT molecular complexity index is 874. The molecule has 0 saturated carbocycles. The monoisotopic (exact) mass is 391 g/mol. The van der Waals surface area contributed by atoms with Gasteiger partial charge in [0.25, 0.3) is 11.6 Å². The van der Waals surface area contributed by atoms with E-state index < -0.39 is 21.4 Å². The highest BCUT2D eigenvalue weighted by Gasteiger charge is 2.26. The summed E-state index contributed by atoms with van der Waals surface area (Å²) in [6.07, 6.45) is 1.09. The normalized spacial score (nSPS) is 10.2. The van der Waals surface area contributed by atoms with Crippen LogP contribution in [0.1, 0.15) is 17.3 Å². The highest BCUT2D eigenvalue weighted by atomic mass is 16.6. The maximum atomic E-state index is 12.2. The van der Waals surface area contributed by atoms with Gasteiger partial charge in [0.1, 0.15) is 6.33 Å². The summed E-state index contributed by atoms with van der Waals surface area (Å²) in [4.78, 5) is 42.2. The zero-order valence-corrected chi connectivity index (χ0v) is 14.7. The van der Waals surface area contributed by atoms with Crippen molar-refractivity contribution in [3.8, 4) is 0 Å². The minimum absolute atomic E-state index is 0.0105. The van der Waals surface area contributed by atoms with Crippen molar-refractivity contribution in [2.45, 2.75) is 6.92 Å². The van der Waals surface area contributed by atoms with E-state index in [0.29, 0.717) is 6.54 Å². The number of carbonyl (C=O) groups excluding carboxylic acids is 1. The van der Waals surface area contributed by atoms with Gasteiger partial charge in [0.2, 0.25) is 11.6 Å². The number of rotatable bonds is 9. The molecule has 1 heterocycles. The molecule has 0 atom stereocenters. The van der Waals surface area contributed by atoms with Crippen LogP contribution in [-0.2, 0) is 0 Å². The van der Waals surface area contributed by atoms with Crippen molar-refractivity contribution < 1.29 is 19.7 Å². The van der Waals surface area contributed by atoms with Gasteiger partial charge in [-0.25, -0.2) is 9.97 Å². The lowest BCUT2D eigenvalue weighted by atomic mass is 10.2. The van der Waals surface area contributed by atoms with Crippen LogP contribution in [0, 0.1) is 20.2 Å². The largest absolute Gasteiger partial charge is 0.395 e. The van der Waals surface area contributed by atoms with E-state index in [0.717, 1.165) is 18.5 Å². The van der Waals surface area contributed by atoms with Gasteiger partial charge in [0.05, 0.1) is 16.5 Å². The lowest BCUT2D eigenvalue weighted by Gasteiger charge is -2.20. The molecule has 0 aliphatic heterocycles. The Hall–Kier alpha value is -3.87. The van der Waals surface area contributed by atoms with Crippen LogP contribution in [0.25, 0.3) is 0 Å². The molecule has 2 rings (SSSR count). The van der Waals surface area contributed by atoms with Crippen molar-refractivity contribution in [2.24, 2.45) is 0 Å². The van der Waals surface area contributed by atoms with Gasteiger partial charge in [-0.3, -0.25) is 35.9 Å². The third kappa shape index (κ3) is 4.64. The molecule has 0 fully saturated rings. The van der Waals surface area contributed by atoms with Gasteiger partial charge in [0.15, 0.2) is 0 Å². The number of aliphatic hydroxyl groups excluding tert-OH is 1. The minimum atomic E-state index is -0.699. The third-order valence-corrected chi connectivity index (χ3v) is 3.67. The van der Waals surface area contributed by atoms with Crippen molar-refractivity contribution in [2.75, 3.05) is 30.0 Å². The lowest BCUT2D eigenvalue weighted by molar-refractivity contribution is -0.384. The summed E-state index contributed by atoms with van der Waals surface area (Å²) in [5.41, 5.74) is 4.09. The predicted molar refractivity (Wildman–Crippen MR) is 97.8 cm³/mol. The zero-order chi connectivity index (χ0) is 20.7. The molecule has 3 N–H and O–H groups in total. The molecule has 0 saturated heterocycles. The maximum absolute atomic E-state index is 12.2. The number of nitro groups is 2. The molecule has 0 aliphatic rings. The number of nitrogens with one attached hydrogen (secondary N) is 2. The zero-order valence-electron chi connectivity index (χ0n) is 14.7. The van der Waals surface area contributed by atoms with Crippen LogP contribution in [0.3, 0.4) is 0 Å². The minimum Gasteiger partial charge on any atom is -0.395 e. The van der Waals surface area contributed by atoms with E-state index in [1.165, 1.54) is 17.0 Å². The number of amides is 1. The average molecular weight is 391 g/mol. The van der Waals surface area contributed by atoms with Gasteiger partial charge >= 0.3 is 5.69 Å². The van der Waals surface area contributed by atoms with Crippen molar-refractivity contribution in [1.82, 2.24) is 15.4 Å². The number of hydrogen-bond donors (Lipinski definition) is 3. The second kappa shape index (κ2) is 9.18. The van der Waals surface area contributed by atoms with E-state index in [1.807, 2.05) is 0 Å². The second-order valence-corrected chi connectivity index (χ2v) is 5.34. The fourth-order valence-corrected chi connectivity index (χ4v) is 2.32. The summed E-state index contributed by atoms with van der Waals surface area (Å²) in [5.74, 6) is -0.933. The van der Waals surface area contributed by atoms with Gasteiger partial charge < -0.3 is 10.0 Å². The molecule has 0 bridgehead atoms. The quantitative estimate of drug-likeness (QED) is 0.410. The molecular weight excluding hydrogens is 374 g/mol. The maximum Gasteiger partial charge on any atom is 0.355 e. The topological polar surface area (TPSA) is 177 Å². The number of nitro benzene ring substituents is 1. The average Bonchev–Trinajstić information content (AvgIpc) is 2.69. The first-order valence-electron chi connectivity index (χ1n) is 8.05. The second-order valence-electron chi connectivity index (χ2n) is 5.34. The molecule has 13 heteroatoms. The van der Waals surface area contributed by atoms with Crippen LogP contribution < -0.4 is 15.8 Å². The molecular formula is C15H17N7O6. The fourth-order valence-electron chi connectivity index (χ4n) is 2.32. The van der Waals surface area contributed by atoms with Gasteiger partial charge in [-0.05, 0) is 19.1 Å². The molecule has 1 amide bonds. The Kier molecular flexibility index (Phi) is 6.70. The Morgan fingerprint density at radius 3 is 2.39 bits per heavy atom. The number of carbonyl (C=O) groups is 1. The molecule has 13 nitrogen and oxygen atoms in total. The number of nitrogens with zero attached hydrogens (tertiary/aromatic N) is 5. The van der Waals surface area contributed by atoms with Crippen LogP contribution in [-0.4, -0.2) is 50.5 Å². The van der Waals surface area contributed by atoms with Crippen LogP contribution in [0.4, 0.5) is 23.0 Å². The Balaban J connectivity index is 2.22. The molecule has 148 valence electrons. The fraction of sp³-hybridized carbons (Fsp3) is 0.267. The molecule has 0 spiro atoms. The molecule has 2 aromatic rings. The van der Waals surface area contributed by atoms with Crippen LogP contribution in [0.5, 0.6) is 0 Å². The van der Waals surface area contributed by atoms with Crippen LogP contribution in [0.2, 0.25) is 0 Å². The number of hydrazine groups is 1. The predicted octanol–water partition coefficient (Wildman–Crippen LogP) is 0.869. The van der Waals surface area contributed by atoms with E-state index >= 15 is 0 Å². The van der Waals surface area contributed by atoms with Crippen LogP contribution >= 0.6 is 0 Å². The number of anilines is 2. The Morgan fingerprint density at radius 1 is 1.18 bits per heavy atom. The molecule has 0 aliphatic carbocycles. The van der Waals surface area contributed by atoms with E-state index in [4.69, 9.17) is 5.11 Å². The van der Waals surface area contributed by atoms with Crippen molar-refractivity contribution in [3.63, 3.8) is 0 Å². The summed E-state index contributed by atoms with van der Waals surface area (Å²) in [5, 5.41) is 31.3. The number of benzene rings is 1. The highest BCUT2D eigenvalue weighted by molar-refractivity contribution is 5.95. The van der Waals surface area contributed by atoms with Gasteiger partial charge in [-0.15, -0.1) is 0 Å². The molecule has 0 radical (unpaired) electrons. The Morgan fingerprint density at radius 2 is 1.86 bits per heavy atom. The number of aromatic nitrogens is 2. The summed E-state index contributed by atoms with van der Waals surface area (Å²) in [6.45, 7) is 2.00. The van der Waals surface area contributed by atoms with E-state index in [2.05, 4.69) is 20.8 Å². The first kappa shape index (κ1) is 20.4. The Labute approximate surface area is 158 Å². The molecule has 1 aromatic carbocycles. The number of likely N-dealkylation sites (N-methyl/N-ethyl adjacent to an activating group) is 1. The molecule has 1 aromatic heterocycles. The van der Waals surface area contributed by atoms with Gasteiger partial charge in [0, 0.05) is 30.8 Å². The van der Waals surface area contributed by atoms with E-state index in [-0.39, 0.29) is 36.0 Å². The van der Waals surface area contributed by atoms with Gasteiger partial charge in [-0.1, -0.05) is 0 Å². The molecule has 0 unspecified atom stereocenters. The summed E-state index contributed by atoms with van der Waals surface area (Å²) in [6, 6.07) is 4.81. The highest BCUT2D eigenvalue weighted by Crippen LogP contribution is 2.31. The first-order chi connectivity index (χ1) is 13.4. The molecule has 28 heavy (non-hydrogen) atoms. The van der Waals surface area contributed by atoms with Crippen molar-refractivity contribution in [3.05, 3.63) is 56.4 Å². The first-order valence-corrected chi connectivity index (χ1v) is 8.05. The van der Waals surface area contributed by atoms with E-state index in [1.54, 1.807) is 6.92 Å². The summed E-state index contributed by atoms with van der Waals surface area (Å²) < 4.78 is 0. The standard InChI is InChI=1S/C15H17N7O6/c1-2-20(7-8-23)14-12(22(27)28)13(16-9-17-14)18-19-15(24)10-3-5-11(6-4-10)21(25)26/h3-6,9,23H,2,7-8H2,1H3,(H,19,24)(H,16,17,18).